The molecule has 1 aliphatic carbocycles. The number of phenols is 1. The maximum absolute atomic E-state index is 13.2. The molecule has 8 nitrogen and oxygen atoms in total. The van der Waals surface area contributed by atoms with E-state index in [0.29, 0.717) is 16.9 Å². The van der Waals surface area contributed by atoms with Crippen LogP contribution in [0.4, 0.5) is 14.9 Å². The summed E-state index contributed by atoms with van der Waals surface area (Å²) in [5, 5.41) is 20.8. The Morgan fingerprint density at radius 2 is 1.86 bits per heavy atom. The number of hydrogen-bond acceptors (Lipinski definition) is 5. The van der Waals surface area contributed by atoms with Gasteiger partial charge in [0.05, 0.1) is 17.7 Å². The fraction of sp³-hybridized carbons (Fsp3) is 0.222. The van der Waals surface area contributed by atoms with Crippen LogP contribution in [0, 0.1) is 5.82 Å². The summed E-state index contributed by atoms with van der Waals surface area (Å²) in [5.74, 6) is -0.502. The Balaban J connectivity index is 1.38. The van der Waals surface area contributed by atoms with E-state index in [1.54, 1.807) is 36.4 Å². The number of furan rings is 1. The number of aromatic nitrogens is 2. The van der Waals surface area contributed by atoms with Gasteiger partial charge in [0.15, 0.2) is 5.76 Å². The summed E-state index contributed by atoms with van der Waals surface area (Å²) in [6.45, 7) is 0.230. The number of phenolic OH excluding ortho intramolecular Hbond substituents is 1. The van der Waals surface area contributed by atoms with Gasteiger partial charge in [0.25, 0.3) is 5.91 Å². The first-order valence-electron chi connectivity index (χ1n) is 11.8. The van der Waals surface area contributed by atoms with E-state index in [9.17, 15) is 19.1 Å². The van der Waals surface area contributed by atoms with Crippen LogP contribution in [-0.2, 0) is 6.54 Å². The second kappa shape index (κ2) is 10.1. The molecule has 0 bridgehead atoms. The average Bonchev–Trinajstić information content (AvgIpc) is 3.65. The Labute approximate surface area is 206 Å². The van der Waals surface area contributed by atoms with Crippen LogP contribution >= 0.6 is 0 Å². The molecule has 0 aliphatic heterocycles. The van der Waals surface area contributed by atoms with Crippen molar-refractivity contribution in [2.45, 2.75) is 38.1 Å². The van der Waals surface area contributed by atoms with Crippen molar-refractivity contribution in [3.05, 3.63) is 89.8 Å². The quantitative estimate of drug-likeness (QED) is 0.325. The second-order valence-corrected chi connectivity index (χ2v) is 8.80. The van der Waals surface area contributed by atoms with Gasteiger partial charge in [-0.1, -0.05) is 25.0 Å². The van der Waals surface area contributed by atoms with Gasteiger partial charge in [-0.2, -0.15) is 9.78 Å². The van der Waals surface area contributed by atoms with Crippen LogP contribution in [-0.4, -0.2) is 26.8 Å². The summed E-state index contributed by atoms with van der Waals surface area (Å²) < 4.78 is 19.6. The molecule has 36 heavy (non-hydrogen) atoms. The van der Waals surface area contributed by atoms with E-state index in [-0.39, 0.29) is 29.8 Å². The highest BCUT2D eigenvalue weighted by Gasteiger charge is 2.26. The number of aromatic hydroxyl groups is 1. The number of benzene rings is 2. The molecule has 5 rings (SSSR count). The van der Waals surface area contributed by atoms with Crippen LogP contribution in [0.15, 0.2) is 71.3 Å². The SMILES string of the molecule is O=C(Nc1ccc(-c2cc(C3CCCC3)n(C(=O)NCc3ccc(F)cc3)n2)c(O)c1)c1ccco1. The number of nitrogens with one attached hydrogen (secondary N) is 2. The summed E-state index contributed by atoms with van der Waals surface area (Å²) in [6.07, 6.45) is 5.49. The highest BCUT2D eigenvalue weighted by Crippen LogP contribution is 2.38. The predicted octanol–water partition coefficient (Wildman–Crippen LogP) is 5.66. The normalized spacial score (nSPS) is 13.6. The number of anilines is 1. The van der Waals surface area contributed by atoms with Gasteiger partial charge in [-0.3, -0.25) is 4.79 Å². The number of hydrogen-bond donors (Lipinski definition) is 3. The monoisotopic (exact) mass is 488 g/mol. The highest BCUT2D eigenvalue weighted by molar-refractivity contribution is 6.02. The standard InChI is InChI=1S/C27H25FN4O4/c28-19-9-7-17(8-10-19)16-29-27(35)32-23(18-4-1-2-5-18)15-22(31-32)21-12-11-20(14-24(21)33)30-26(34)25-6-3-13-36-25/h3,6-15,18,33H,1-2,4-5,16H2,(H,29,35)(H,30,34). The second-order valence-electron chi connectivity index (χ2n) is 8.80. The van der Waals surface area contributed by atoms with Crippen molar-refractivity contribution in [3.63, 3.8) is 0 Å². The smallest absolute Gasteiger partial charge is 0.342 e. The van der Waals surface area contributed by atoms with Crippen LogP contribution in [0.5, 0.6) is 5.75 Å². The van der Waals surface area contributed by atoms with Gasteiger partial charge < -0.3 is 20.2 Å². The van der Waals surface area contributed by atoms with Crippen LogP contribution in [0.1, 0.15) is 53.4 Å². The maximum Gasteiger partial charge on any atom is 0.342 e. The molecule has 4 aromatic rings. The molecular weight excluding hydrogens is 463 g/mol. The van der Waals surface area contributed by atoms with Crippen molar-refractivity contribution < 1.29 is 23.5 Å². The first kappa shape index (κ1) is 23.3. The summed E-state index contributed by atoms with van der Waals surface area (Å²) in [7, 11) is 0. The van der Waals surface area contributed by atoms with E-state index in [1.165, 1.54) is 29.1 Å². The average molecular weight is 489 g/mol. The Morgan fingerprint density at radius 1 is 1.08 bits per heavy atom. The van der Waals surface area contributed by atoms with E-state index in [0.717, 1.165) is 36.9 Å². The molecule has 9 heteroatoms. The molecule has 2 aromatic heterocycles. The Kier molecular flexibility index (Phi) is 6.53. The Bertz CT molecular complexity index is 1370. The van der Waals surface area contributed by atoms with Crippen molar-refractivity contribution >= 4 is 17.6 Å². The molecule has 184 valence electrons. The zero-order valence-corrected chi connectivity index (χ0v) is 19.4. The lowest BCUT2D eigenvalue weighted by molar-refractivity contribution is 0.0996. The number of rotatable bonds is 6. The molecule has 1 saturated carbocycles. The lowest BCUT2D eigenvalue weighted by atomic mass is 10.0. The van der Waals surface area contributed by atoms with Gasteiger partial charge in [-0.25, -0.2) is 9.18 Å². The number of nitrogens with zero attached hydrogens (tertiary/aromatic N) is 2. The summed E-state index contributed by atoms with van der Waals surface area (Å²) in [4.78, 5) is 25.3. The molecule has 1 fully saturated rings. The number of amides is 2. The largest absolute Gasteiger partial charge is 0.507 e. The highest BCUT2D eigenvalue weighted by atomic mass is 19.1. The number of halogens is 1. The zero-order chi connectivity index (χ0) is 25.1. The third kappa shape index (κ3) is 5.00. The van der Waals surface area contributed by atoms with Crippen molar-refractivity contribution in [2.75, 3.05) is 5.32 Å². The van der Waals surface area contributed by atoms with Crippen molar-refractivity contribution in [1.29, 1.82) is 0 Å². The van der Waals surface area contributed by atoms with E-state index >= 15 is 0 Å². The minimum Gasteiger partial charge on any atom is -0.507 e. The summed E-state index contributed by atoms with van der Waals surface area (Å²) in [5.41, 5.74) is 2.84. The molecule has 0 saturated heterocycles. The zero-order valence-electron chi connectivity index (χ0n) is 19.4. The van der Waals surface area contributed by atoms with Crippen LogP contribution in [0.25, 0.3) is 11.3 Å². The van der Waals surface area contributed by atoms with Gasteiger partial charge in [0.2, 0.25) is 0 Å². The fourth-order valence-corrected chi connectivity index (χ4v) is 4.48. The van der Waals surface area contributed by atoms with Crippen molar-refractivity contribution in [1.82, 2.24) is 15.1 Å². The third-order valence-electron chi connectivity index (χ3n) is 6.34. The summed E-state index contributed by atoms with van der Waals surface area (Å²) in [6, 6.07) is 15.3. The number of carbonyl (C=O) groups is 2. The minimum absolute atomic E-state index is 0.0819. The van der Waals surface area contributed by atoms with E-state index in [1.807, 2.05) is 6.07 Å². The van der Waals surface area contributed by atoms with Crippen LogP contribution in [0.3, 0.4) is 0 Å². The van der Waals surface area contributed by atoms with Crippen LogP contribution in [0.2, 0.25) is 0 Å². The van der Waals surface area contributed by atoms with Gasteiger partial charge in [-0.05, 0) is 60.9 Å². The molecule has 2 amide bonds. The lowest BCUT2D eigenvalue weighted by Gasteiger charge is -2.12. The summed E-state index contributed by atoms with van der Waals surface area (Å²) >= 11 is 0. The molecule has 0 spiro atoms. The molecule has 3 N–H and O–H groups in total. The van der Waals surface area contributed by atoms with Crippen molar-refractivity contribution in [3.8, 4) is 17.0 Å². The van der Waals surface area contributed by atoms with Crippen molar-refractivity contribution in [2.24, 2.45) is 0 Å². The number of carbonyl (C=O) groups excluding carboxylic acids is 2. The third-order valence-corrected chi connectivity index (χ3v) is 6.34. The Hall–Kier alpha value is -4.40. The molecule has 0 atom stereocenters. The molecule has 2 aromatic carbocycles. The molecule has 2 heterocycles. The Morgan fingerprint density at radius 3 is 2.56 bits per heavy atom. The first-order valence-corrected chi connectivity index (χ1v) is 11.8. The topological polar surface area (TPSA) is 109 Å². The van der Waals surface area contributed by atoms with Gasteiger partial charge in [0, 0.05) is 29.8 Å². The maximum atomic E-state index is 13.2. The van der Waals surface area contributed by atoms with Gasteiger partial charge in [-0.15, -0.1) is 0 Å². The van der Waals surface area contributed by atoms with Gasteiger partial charge in [0.1, 0.15) is 11.6 Å². The predicted molar refractivity (Wildman–Crippen MR) is 131 cm³/mol. The fourth-order valence-electron chi connectivity index (χ4n) is 4.48. The van der Waals surface area contributed by atoms with E-state index in [2.05, 4.69) is 15.7 Å². The van der Waals surface area contributed by atoms with E-state index in [4.69, 9.17) is 4.42 Å². The van der Waals surface area contributed by atoms with Crippen LogP contribution < -0.4 is 10.6 Å². The van der Waals surface area contributed by atoms with E-state index < -0.39 is 11.9 Å². The molecule has 1 aliphatic rings. The molecule has 0 unspecified atom stereocenters. The minimum atomic E-state index is -0.433. The molecule has 0 radical (unpaired) electrons. The van der Waals surface area contributed by atoms with Gasteiger partial charge >= 0.3 is 6.03 Å². The molecular formula is C27H25FN4O4. The first-order chi connectivity index (χ1) is 17.5. The lowest BCUT2D eigenvalue weighted by Crippen LogP contribution is -2.30.